The van der Waals surface area contributed by atoms with Gasteiger partial charge in [-0.2, -0.15) is 13.2 Å². The van der Waals surface area contributed by atoms with Gasteiger partial charge in [-0.15, -0.1) is 0 Å². The highest BCUT2D eigenvalue weighted by molar-refractivity contribution is 5.96. The quantitative estimate of drug-likeness (QED) is 0.763. The first-order valence-corrected chi connectivity index (χ1v) is 7.39. The standard InChI is InChI=1S/C17H18F3NO2/c1-3-14-13(12-7-5-6-8-15(12)23-14)9-10-16(22)21(4-2)11-17(18,19)20/h5-10H,3-4,11H2,1-2H3/b10-9+. The molecule has 0 spiro atoms. The lowest BCUT2D eigenvalue weighted by Gasteiger charge is -2.20. The lowest BCUT2D eigenvalue weighted by molar-refractivity contribution is -0.157. The average molecular weight is 325 g/mol. The Morgan fingerprint density at radius 1 is 1.26 bits per heavy atom. The van der Waals surface area contributed by atoms with Crippen LogP contribution in [0.1, 0.15) is 25.2 Å². The molecule has 0 aliphatic rings. The number of likely N-dealkylation sites (N-methyl/N-ethyl adjacent to an activating group) is 1. The van der Waals surface area contributed by atoms with E-state index >= 15 is 0 Å². The van der Waals surface area contributed by atoms with Gasteiger partial charge in [0.1, 0.15) is 17.9 Å². The number of benzene rings is 1. The van der Waals surface area contributed by atoms with Crippen LogP contribution >= 0.6 is 0 Å². The second kappa shape index (κ2) is 6.89. The second-order valence-corrected chi connectivity index (χ2v) is 5.09. The molecule has 0 aliphatic heterocycles. The molecular weight excluding hydrogens is 307 g/mol. The summed E-state index contributed by atoms with van der Waals surface area (Å²) in [6.45, 7) is 2.18. The molecule has 3 nitrogen and oxygen atoms in total. The molecule has 0 saturated carbocycles. The Kier molecular flexibility index (Phi) is 5.13. The number of alkyl halides is 3. The molecule has 1 amide bonds. The number of furan rings is 1. The summed E-state index contributed by atoms with van der Waals surface area (Å²) in [5.41, 5.74) is 1.43. The molecule has 2 aromatic rings. The van der Waals surface area contributed by atoms with Gasteiger partial charge in [0.15, 0.2) is 0 Å². The van der Waals surface area contributed by atoms with Crippen molar-refractivity contribution in [3.05, 3.63) is 41.7 Å². The van der Waals surface area contributed by atoms with Crippen molar-refractivity contribution in [2.24, 2.45) is 0 Å². The van der Waals surface area contributed by atoms with Crippen molar-refractivity contribution in [2.45, 2.75) is 26.4 Å². The minimum atomic E-state index is -4.41. The highest BCUT2D eigenvalue weighted by Crippen LogP contribution is 2.27. The smallest absolute Gasteiger partial charge is 0.406 e. The number of halogens is 3. The molecule has 1 aromatic heterocycles. The van der Waals surface area contributed by atoms with Crippen LogP contribution in [0, 0.1) is 0 Å². The highest BCUT2D eigenvalue weighted by Gasteiger charge is 2.31. The van der Waals surface area contributed by atoms with E-state index in [1.165, 1.54) is 19.1 Å². The largest absolute Gasteiger partial charge is 0.460 e. The van der Waals surface area contributed by atoms with Crippen molar-refractivity contribution in [3.8, 4) is 0 Å². The van der Waals surface area contributed by atoms with Crippen molar-refractivity contribution in [1.82, 2.24) is 4.90 Å². The maximum atomic E-state index is 12.5. The summed E-state index contributed by atoms with van der Waals surface area (Å²) in [5, 5.41) is 0.840. The van der Waals surface area contributed by atoms with Gasteiger partial charge < -0.3 is 9.32 Å². The van der Waals surface area contributed by atoms with Crippen LogP contribution in [0.15, 0.2) is 34.8 Å². The first kappa shape index (κ1) is 17.1. The van der Waals surface area contributed by atoms with Crippen LogP contribution in [0.25, 0.3) is 17.0 Å². The van der Waals surface area contributed by atoms with Crippen molar-refractivity contribution >= 4 is 23.0 Å². The number of nitrogens with zero attached hydrogens (tertiary/aromatic N) is 1. The van der Waals surface area contributed by atoms with Crippen LogP contribution in [0.2, 0.25) is 0 Å². The minimum Gasteiger partial charge on any atom is -0.460 e. The monoisotopic (exact) mass is 325 g/mol. The maximum Gasteiger partial charge on any atom is 0.406 e. The van der Waals surface area contributed by atoms with E-state index in [-0.39, 0.29) is 6.54 Å². The normalized spacial score (nSPS) is 12.2. The molecule has 1 aromatic carbocycles. The molecule has 6 heteroatoms. The highest BCUT2D eigenvalue weighted by atomic mass is 19.4. The van der Waals surface area contributed by atoms with Crippen molar-refractivity contribution in [2.75, 3.05) is 13.1 Å². The zero-order valence-corrected chi connectivity index (χ0v) is 13.0. The summed E-state index contributed by atoms with van der Waals surface area (Å²) in [6.07, 6.45) is -1.07. The molecule has 0 atom stereocenters. The molecule has 0 radical (unpaired) electrons. The van der Waals surface area contributed by atoms with Crippen molar-refractivity contribution in [3.63, 3.8) is 0 Å². The molecule has 0 aliphatic carbocycles. The minimum absolute atomic E-state index is 0.00451. The summed E-state index contributed by atoms with van der Waals surface area (Å²) in [7, 11) is 0. The van der Waals surface area contributed by atoms with Crippen LogP contribution in [0.4, 0.5) is 13.2 Å². The summed E-state index contributed by atoms with van der Waals surface area (Å²) in [6, 6.07) is 7.36. The first-order valence-electron chi connectivity index (χ1n) is 7.39. The van der Waals surface area contributed by atoms with Gasteiger partial charge in [0.25, 0.3) is 0 Å². The van der Waals surface area contributed by atoms with E-state index in [2.05, 4.69) is 0 Å². The molecule has 124 valence electrons. The maximum absolute atomic E-state index is 12.5. The predicted molar refractivity (Wildman–Crippen MR) is 82.9 cm³/mol. The fourth-order valence-electron chi connectivity index (χ4n) is 2.38. The van der Waals surface area contributed by atoms with Gasteiger partial charge in [-0.1, -0.05) is 25.1 Å². The Hall–Kier alpha value is -2.24. The lowest BCUT2D eigenvalue weighted by Crippen LogP contribution is -2.37. The molecule has 23 heavy (non-hydrogen) atoms. The topological polar surface area (TPSA) is 33.5 Å². The van der Waals surface area contributed by atoms with E-state index < -0.39 is 18.6 Å². The molecule has 2 rings (SSSR count). The number of fused-ring (bicyclic) bond motifs is 1. The molecule has 1 heterocycles. The van der Waals surface area contributed by atoms with E-state index in [0.717, 1.165) is 15.8 Å². The van der Waals surface area contributed by atoms with Crippen LogP contribution in [-0.2, 0) is 11.2 Å². The van der Waals surface area contributed by atoms with Crippen molar-refractivity contribution in [1.29, 1.82) is 0 Å². The summed E-state index contributed by atoms with van der Waals surface area (Å²) in [5.74, 6) is 0.0336. The Morgan fingerprint density at radius 2 is 1.96 bits per heavy atom. The van der Waals surface area contributed by atoms with E-state index in [4.69, 9.17) is 4.42 Å². The third-order valence-electron chi connectivity index (χ3n) is 3.49. The Morgan fingerprint density at radius 3 is 2.57 bits per heavy atom. The molecule has 0 unspecified atom stereocenters. The number of hydrogen-bond acceptors (Lipinski definition) is 2. The third-order valence-corrected chi connectivity index (χ3v) is 3.49. The molecular formula is C17H18F3NO2. The van der Waals surface area contributed by atoms with Gasteiger partial charge >= 0.3 is 6.18 Å². The third kappa shape index (κ3) is 4.15. The summed E-state index contributed by atoms with van der Waals surface area (Å²) in [4.78, 5) is 12.7. The van der Waals surface area contributed by atoms with Crippen LogP contribution in [0.3, 0.4) is 0 Å². The molecule has 0 N–H and O–H groups in total. The lowest BCUT2D eigenvalue weighted by atomic mass is 10.1. The van der Waals surface area contributed by atoms with E-state index in [9.17, 15) is 18.0 Å². The van der Waals surface area contributed by atoms with Crippen LogP contribution < -0.4 is 0 Å². The number of aryl methyl sites for hydroxylation is 1. The van der Waals surface area contributed by atoms with Crippen LogP contribution in [-0.4, -0.2) is 30.1 Å². The van der Waals surface area contributed by atoms with Gasteiger partial charge in [0, 0.05) is 30.0 Å². The van der Waals surface area contributed by atoms with E-state index in [1.807, 2.05) is 31.2 Å². The van der Waals surface area contributed by atoms with Gasteiger partial charge in [-0.3, -0.25) is 4.79 Å². The Balaban J connectivity index is 2.27. The predicted octanol–water partition coefficient (Wildman–Crippen LogP) is 4.42. The SMILES string of the molecule is CCc1oc2ccccc2c1/C=C/C(=O)N(CC)CC(F)(F)F. The number of hydrogen-bond donors (Lipinski definition) is 0. The zero-order chi connectivity index (χ0) is 17.0. The van der Waals surface area contributed by atoms with Gasteiger partial charge in [0.2, 0.25) is 5.91 Å². The number of carbonyl (C=O) groups excluding carboxylic acids is 1. The molecule has 0 saturated heterocycles. The second-order valence-electron chi connectivity index (χ2n) is 5.09. The first-order chi connectivity index (χ1) is 10.9. The molecule has 0 bridgehead atoms. The summed E-state index contributed by atoms with van der Waals surface area (Å²) >= 11 is 0. The van der Waals surface area contributed by atoms with Crippen molar-refractivity contribution < 1.29 is 22.4 Å². The summed E-state index contributed by atoms with van der Waals surface area (Å²) < 4.78 is 43.1. The Bertz CT molecular complexity index is 716. The van der Waals surface area contributed by atoms with E-state index in [0.29, 0.717) is 17.8 Å². The fourth-order valence-corrected chi connectivity index (χ4v) is 2.38. The number of para-hydroxylation sites is 1. The number of amides is 1. The molecule has 0 fully saturated rings. The fraction of sp³-hybridized carbons (Fsp3) is 0.353. The van der Waals surface area contributed by atoms with E-state index in [1.54, 1.807) is 0 Å². The number of rotatable bonds is 5. The van der Waals surface area contributed by atoms with Gasteiger partial charge in [-0.05, 0) is 19.1 Å². The van der Waals surface area contributed by atoms with Gasteiger partial charge in [-0.25, -0.2) is 0 Å². The average Bonchev–Trinajstić information content (AvgIpc) is 2.87. The number of carbonyl (C=O) groups is 1. The Labute approximate surface area is 132 Å². The zero-order valence-electron chi connectivity index (χ0n) is 13.0. The van der Waals surface area contributed by atoms with Crippen LogP contribution in [0.5, 0.6) is 0 Å². The van der Waals surface area contributed by atoms with Gasteiger partial charge in [0.05, 0.1) is 0 Å².